The van der Waals surface area contributed by atoms with E-state index in [2.05, 4.69) is 51.8 Å². The third kappa shape index (κ3) is 4.03. The van der Waals surface area contributed by atoms with Crippen molar-refractivity contribution in [2.24, 2.45) is 0 Å². The van der Waals surface area contributed by atoms with E-state index in [0.29, 0.717) is 15.1 Å². The van der Waals surface area contributed by atoms with E-state index in [-0.39, 0.29) is 0 Å². The van der Waals surface area contributed by atoms with Crippen LogP contribution in [0, 0.1) is 10.7 Å². The van der Waals surface area contributed by atoms with Gasteiger partial charge in [-0.1, -0.05) is 12.7 Å². The Bertz CT molecular complexity index is 524. The zero-order valence-electron chi connectivity index (χ0n) is 10.1. The molecule has 0 saturated carbocycles. The van der Waals surface area contributed by atoms with Gasteiger partial charge in [-0.3, -0.25) is 9.59 Å². The first-order valence-corrected chi connectivity index (χ1v) is 8.22. The lowest BCUT2D eigenvalue weighted by Gasteiger charge is -2.16. The van der Waals surface area contributed by atoms with Crippen LogP contribution < -0.4 is 9.47 Å². The zero-order chi connectivity index (χ0) is 14.7. The molecule has 0 saturated heterocycles. The Hall–Kier alpha value is 0.0900. The number of ether oxygens (including phenoxy) is 2. The fraction of sp³-hybridized carbons (Fsp3) is 0.167. The molecule has 19 heavy (non-hydrogen) atoms. The second-order valence-corrected chi connectivity index (χ2v) is 6.64. The largest absolute Gasteiger partial charge is 0.424 e. The summed E-state index contributed by atoms with van der Waals surface area (Å²) >= 11 is 6.15. The summed E-state index contributed by atoms with van der Waals surface area (Å²) in [7, 11) is 0. The normalized spacial score (nSPS) is 9.95. The number of hydrogen-bond acceptors (Lipinski definition) is 4. The summed E-state index contributed by atoms with van der Waals surface area (Å²) in [6.45, 7) is 6.38. The van der Waals surface area contributed by atoms with E-state index in [0.717, 1.165) is 12.7 Å². The molecular weight excluding hydrogens is 589 g/mol. The number of benzene rings is 1. The molecule has 0 bridgehead atoms. The standard InChI is InChI=1S/C12H9I3O4/c1-4-7-8(13)11(18-5(2)16)10(15)12(9(7)14)19-6(3)17/h4H,1H2,2-3H3. The van der Waals surface area contributed by atoms with Crippen molar-refractivity contribution in [2.45, 2.75) is 13.8 Å². The Labute approximate surface area is 151 Å². The number of carbonyl (C=O) groups is 2. The number of hydrogen-bond donors (Lipinski definition) is 0. The van der Waals surface area contributed by atoms with E-state index in [4.69, 9.17) is 9.47 Å². The maximum absolute atomic E-state index is 11.2. The lowest BCUT2D eigenvalue weighted by Crippen LogP contribution is -2.11. The van der Waals surface area contributed by atoms with Gasteiger partial charge in [0.1, 0.15) is 3.57 Å². The molecule has 7 heteroatoms. The third-order valence-electron chi connectivity index (χ3n) is 1.97. The van der Waals surface area contributed by atoms with Crippen molar-refractivity contribution in [3.63, 3.8) is 0 Å². The summed E-state index contributed by atoms with van der Waals surface area (Å²) in [4.78, 5) is 22.3. The Morgan fingerprint density at radius 3 is 1.58 bits per heavy atom. The molecule has 0 radical (unpaired) electrons. The predicted octanol–water partition coefficient (Wildman–Crippen LogP) is 3.99. The minimum absolute atomic E-state index is 0.389. The van der Waals surface area contributed by atoms with Gasteiger partial charge in [0, 0.05) is 19.4 Å². The van der Waals surface area contributed by atoms with Crippen molar-refractivity contribution in [3.8, 4) is 11.5 Å². The lowest BCUT2D eigenvalue weighted by atomic mass is 10.2. The lowest BCUT2D eigenvalue weighted by molar-refractivity contribution is -0.132. The van der Waals surface area contributed by atoms with E-state index in [1.54, 1.807) is 6.08 Å². The van der Waals surface area contributed by atoms with Gasteiger partial charge >= 0.3 is 11.9 Å². The van der Waals surface area contributed by atoms with Crippen molar-refractivity contribution >= 4 is 85.8 Å². The van der Waals surface area contributed by atoms with Gasteiger partial charge in [0.25, 0.3) is 0 Å². The number of esters is 2. The van der Waals surface area contributed by atoms with Crippen molar-refractivity contribution < 1.29 is 19.1 Å². The van der Waals surface area contributed by atoms with Crippen LogP contribution in [-0.2, 0) is 9.59 Å². The van der Waals surface area contributed by atoms with Gasteiger partial charge < -0.3 is 9.47 Å². The fourth-order valence-electron chi connectivity index (χ4n) is 1.28. The smallest absolute Gasteiger partial charge is 0.308 e. The average Bonchev–Trinajstić information content (AvgIpc) is 2.30. The van der Waals surface area contributed by atoms with Gasteiger partial charge in [-0.15, -0.1) is 0 Å². The molecular formula is C12H9I3O4. The van der Waals surface area contributed by atoms with Crippen molar-refractivity contribution in [1.82, 2.24) is 0 Å². The van der Waals surface area contributed by atoms with Crippen LogP contribution in [-0.4, -0.2) is 11.9 Å². The third-order valence-corrected chi connectivity index (χ3v) is 5.09. The summed E-state index contributed by atoms with van der Waals surface area (Å²) in [6.07, 6.45) is 1.64. The molecule has 0 N–H and O–H groups in total. The molecule has 1 rings (SSSR count). The highest BCUT2D eigenvalue weighted by molar-refractivity contribution is 14.1. The van der Waals surface area contributed by atoms with Crippen LogP contribution in [0.3, 0.4) is 0 Å². The Morgan fingerprint density at radius 2 is 1.32 bits per heavy atom. The van der Waals surface area contributed by atoms with E-state index in [9.17, 15) is 9.59 Å². The van der Waals surface area contributed by atoms with E-state index in [1.807, 2.05) is 22.6 Å². The monoisotopic (exact) mass is 598 g/mol. The molecule has 0 fully saturated rings. The highest BCUT2D eigenvalue weighted by Gasteiger charge is 2.23. The van der Waals surface area contributed by atoms with Crippen LogP contribution in [0.4, 0.5) is 0 Å². The molecule has 0 aliphatic rings. The molecule has 0 atom stereocenters. The van der Waals surface area contributed by atoms with Gasteiger partial charge in [-0.2, -0.15) is 0 Å². The first-order valence-electron chi connectivity index (χ1n) is 4.99. The predicted molar refractivity (Wildman–Crippen MR) is 97.3 cm³/mol. The maximum atomic E-state index is 11.2. The van der Waals surface area contributed by atoms with Crippen LogP contribution in [0.5, 0.6) is 11.5 Å². The van der Waals surface area contributed by atoms with Crippen molar-refractivity contribution in [3.05, 3.63) is 22.9 Å². The summed E-state index contributed by atoms with van der Waals surface area (Å²) in [5.41, 5.74) is 0.772. The Kier molecular flexibility index (Phi) is 6.50. The molecule has 4 nitrogen and oxygen atoms in total. The summed E-state index contributed by atoms with van der Waals surface area (Å²) in [6, 6.07) is 0. The van der Waals surface area contributed by atoms with Crippen LogP contribution in [0.15, 0.2) is 6.58 Å². The molecule has 1 aromatic carbocycles. The quantitative estimate of drug-likeness (QED) is 0.301. The molecule has 0 unspecified atom stereocenters. The highest BCUT2D eigenvalue weighted by atomic mass is 127. The summed E-state index contributed by atoms with van der Waals surface area (Å²) < 4.78 is 12.5. The SMILES string of the molecule is C=Cc1c(I)c(OC(C)=O)c(I)c(OC(C)=O)c1I. The van der Waals surface area contributed by atoms with E-state index in [1.165, 1.54) is 13.8 Å². The molecule has 102 valence electrons. The highest BCUT2D eigenvalue weighted by Crippen LogP contribution is 2.42. The van der Waals surface area contributed by atoms with Gasteiger partial charge in [0.2, 0.25) is 0 Å². The van der Waals surface area contributed by atoms with Crippen LogP contribution in [0.2, 0.25) is 0 Å². The molecule has 0 aliphatic heterocycles. The molecule has 0 aromatic heterocycles. The maximum Gasteiger partial charge on any atom is 0.308 e. The van der Waals surface area contributed by atoms with Gasteiger partial charge in [-0.25, -0.2) is 0 Å². The topological polar surface area (TPSA) is 52.6 Å². The van der Waals surface area contributed by atoms with Crippen molar-refractivity contribution in [2.75, 3.05) is 0 Å². The van der Waals surface area contributed by atoms with E-state index < -0.39 is 11.9 Å². The van der Waals surface area contributed by atoms with E-state index >= 15 is 0 Å². The number of rotatable bonds is 3. The minimum atomic E-state index is -0.430. The first kappa shape index (κ1) is 17.1. The molecule has 1 aromatic rings. The molecule has 0 spiro atoms. The minimum Gasteiger partial charge on any atom is -0.424 e. The Balaban J connectivity index is 3.59. The second kappa shape index (κ2) is 7.20. The van der Waals surface area contributed by atoms with Crippen molar-refractivity contribution in [1.29, 1.82) is 0 Å². The molecule has 0 aliphatic carbocycles. The molecule has 0 heterocycles. The summed E-state index contributed by atoms with van der Waals surface area (Å²) in [5, 5.41) is 0. The summed E-state index contributed by atoms with van der Waals surface area (Å²) in [5.74, 6) is -0.0813. The van der Waals surface area contributed by atoms with Crippen LogP contribution >= 0.6 is 67.8 Å². The van der Waals surface area contributed by atoms with Crippen LogP contribution in [0.25, 0.3) is 6.08 Å². The Morgan fingerprint density at radius 1 is 0.947 bits per heavy atom. The number of carbonyl (C=O) groups excluding carboxylic acids is 2. The van der Waals surface area contributed by atoms with Gasteiger partial charge in [0.05, 0.1) is 7.14 Å². The fourth-order valence-corrected chi connectivity index (χ4v) is 5.33. The van der Waals surface area contributed by atoms with Gasteiger partial charge in [0.15, 0.2) is 11.5 Å². The molecule has 0 amide bonds. The van der Waals surface area contributed by atoms with Crippen LogP contribution in [0.1, 0.15) is 19.4 Å². The number of halogens is 3. The van der Waals surface area contributed by atoms with Gasteiger partial charge in [-0.05, 0) is 67.8 Å². The second-order valence-electron chi connectivity index (χ2n) is 3.41. The first-order chi connectivity index (χ1) is 8.79. The zero-order valence-corrected chi connectivity index (χ0v) is 16.5. The average molecular weight is 598 g/mol.